The predicted molar refractivity (Wildman–Crippen MR) is 113 cm³/mol. The van der Waals surface area contributed by atoms with Crippen LogP contribution in [0.3, 0.4) is 0 Å². The molecule has 1 aromatic carbocycles. The van der Waals surface area contributed by atoms with Gasteiger partial charge in [-0.3, -0.25) is 4.79 Å². The maximum atomic E-state index is 11.7. The highest BCUT2D eigenvalue weighted by atomic mass is 32.2. The van der Waals surface area contributed by atoms with Gasteiger partial charge in [0.1, 0.15) is 5.60 Å². The number of rotatable bonds is 8. The molecule has 0 aromatic heterocycles. The molecule has 0 radical (unpaired) electrons. The van der Waals surface area contributed by atoms with E-state index in [0.29, 0.717) is 13.2 Å². The molecule has 27 heavy (non-hydrogen) atoms. The summed E-state index contributed by atoms with van der Waals surface area (Å²) in [5, 5.41) is 6.06. The minimum absolute atomic E-state index is 0.0775. The fourth-order valence-electron chi connectivity index (χ4n) is 2.28. The van der Waals surface area contributed by atoms with E-state index in [1.54, 1.807) is 6.92 Å². The lowest BCUT2D eigenvalue weighted by Gasteiger charge is -2.23. The van der Waals surface area contributed by atoms with Gasteiger partial charge in [-0.25, -0.2) is 4.79 Å². The molecule has 0 spiro atoms. The summed E-state index contributed by atoms with van der Waals surface area (Å²) in [5.74, 6) is 0.0775. The molecule has 0 aliphatic heterocycles. The van der Waals surface area contributed by atoms with Crippen molar-refractivity contribution in [3.8, 4) is 0 Å². The molecule has 0 aliphatic rings. The molecule has 1 rings (SSSR count). The Morgan fingerprint density at radius 3 is 2.22 bits per heavy atom. The van der Waals surface area contributed by atoms with Crippen LogP contribution in [0, 0.1) is 0 Å². The fraction of sp³-hybridized carbons (Fsp3) is 0.500. The fourth-order valence-corrected chi connectivity index (χ4v) is 3.02. The average Bonchev–Trinajstić information content (AvgIpc) is 2.57. The molecule has 0 saturated heterocycles. The van der Waals surface area contributed by atoms with Gasteiger partial charge in [0.05, 0.1) is 11.6 Å². The van der Waals surface area contributed by atoms with E-state index >= 15 is 0 Å². The smallest absolute Gasteiger partial charge is 0.407 e. The minimum atomic E-state index is -0.505. The zero-order valence-electron chi connectivity index (χ0n) is 17.3. The predicted octanol–water partition coefficient (Wildman–Crippen LogP) is 4.20. The number of carbonyl (C=O) groups is 2. The Morgan fingerprint density at radius 2 is 1.74 bits per heavy atom. The quantitative estimate of drug-likeness (QED) is 0.510. The lowest BCUT2D eigenvalue weighted by molar-refractivity contribution is -0.113. The first kappa shape index (κ1) is 22.9. The van der Waals surface area contributed by atoms with Gasteiger partial charge < -0.3 is 20.3 Å². The lowest BCUT2D eigenvalue weighted by atomic mass is 10.2. The van der Waals surface area contributed by atoms with Gasteiger partial charge in [-0.1, -0.05) is 12.1 Å². The van der Waals surface area contributed by atoms with Crippen LogP contribution in [0.15, 0.2) is 34.9 Å². The second-order valence-electron chi connectivity index (χ2n) is 7.26. The lowest BCUT2D eigenvalue weighted by Crippen LogP contribution is -2.32. The van der Waals surface area contributed by atoms with Gasteiger partial charge >= 0.3 is 6.09 Å². The van der Waals surface area contributed by atoms with E-state index in [0.717, 1.165) is 21.9 Å². The van der Waals surface area contributed by atoms with E-state index in [1.165, 1.54) is 11.8 Å². The van der Waals surface area contributed by atoms with Crippen LogP contribution < -0.4 is 10.6 Å². The number of amides is 1. The summed E-state index contributed by atoms with van der Waals surface area (Å²) in [5.41, 5.74) is 2.39. The van der Waals surface area contributed by atoms with E-state index < -0.39 is 11.7 Å². The van der Waals surface area contributed by atoms with Crippen LogP contribution in [0.1, 0.15) is 40.2 Å². The van der Waals surface area contributed by atoms with Crippen LogP contribution in [0.25, 0.3) is 0 Å². The molecule has 0 heterocycles. The second-order valence-corrected chi connectivity index (χ2v) is 8.08. The third-order valence-electron chi connectivity index (χ3n) is 3.74. The monoisotopic (exact) mass is 393 g/mol. The number of anilines is 1. The first-order chi connectivity index (χ1) is 12.5. The Labute approximate surface area is 166 Å². The summed E-state index contributed by atoms with van der Waals surface area (Å²) in [6.07, 6.45) is 1.48. The summed E-state index contributed by atoms with van der Waals surface area (Å²) >= 11 is 1.46. The molecule has 2 N–H and O–H groups in total. The van der Waals surface area contributed by atoms with Crippen molar-refractivity contribution >= 4 is 29.3 Å². The Balaban J connectivity index is 2.55. The van der Waals surface area contributed by atoms with Crippen molar-refractivity contribution in [2.24, 2.45) is 0 Å². The number of ketones is 1. The molecular weight excluding hydrogens is 362 g/mol. The van der Waals surface area contributed by atoms with Gasteiger partial charge in [0, 0.05) is 25.0 Å². The zero-order valence-corrected chi connectivity index (χ0v) is 18.1. The largest absolute Gasteiger partial charge is 0.444 e. The Hall–Kier alpha value is -2.15. The number of hydrogen-bond donors (Lipinski definition) is 2. The van der Waals surface area contributed by atoms with Crippen LogP contribution in [0.2, 0.25) is 0 Å². The number of carbonyl (C=O) groups excluding carboxylic acids is 2. The van der Waals surface area contributed by atoms with Crippen molar-refractivity contribution in [1.29, 1.82) is 0 Å². The van der Waals surface area contributed by atoms with Gasteiger partial charge in [-0.05, 0) is 58.6 Å². The number of nitrogens with zero attached hydrogens (tertiary/aromatic N) is 1. The highest BCUT2D eigenvalue weighted by Crippen LogP contribution is 2.20. The highest BCUT2D eigenvalue weighted by molar-refractivity contribution is 8.03. The molecule has 0 aliphatic carbocycles. The molecule has 7 heteroatoms. The Bertz CT molecular complexity index is 679. The number of nitrogens with one attached hydrogen (secondary N) is 2. The van der Waals surface area contributed by atoms with Gasteiger partial charge in [-0.2, -0.15) is 0 Å². The summed E-state index contributed by atoms with van der Waals surface area (Å²) < 4.78 is 5.22. The molecule has 0 atom stereocenters. The van der Waals surface area contributed by atoms with Crippen LogP contribution in [0.4, 0.5) is 10.5 Å². The number of ether oxygens (including phenoxy) is 1. The molecule has 0 saturated carbocycles. The molecule has 0 fully saturated rings. The third kappa shape index (κ3) is 8.39. The Kier molecular flexibility index (Phi) is 8.69. The van der Waals surface area contributed by atoms with Gasteiger partial charge in [0.25, 0.3) is 0 Å². The topological polar surface area (TPSA) is 70.7 Å². The highest BCUT2D eigenvalue weighted by Gasteiger charge is 2.15. The second kappa shape index (κ2) is 10.3. The number of Topliss-reactive ketones (excluding diaryl/α,β-unsaturated/α-hetero) is 1. The zero-order chi connectivity index (χ0) is 20.6. The number of hydrogen-bond acceptors (Lipinski definition) is 6. The molecule has 0 bridgehead atoms. The summed E-state index contributed by atoms with van der Waals surface area (Å²) in [7, 11) is 1.95. The third-order valence-corrected chi connectivity index (χ3v) is 4.73. The number of benzene rings is 1. The maximum Gasteiger partial charge on any atom is 0.407 e. The van der Waals surface area contributed by atoms with Crippen LogP contribution in [0.5, 0.6) is 0 Å². The molecule has 150 valence electrons. The average molecular weight is 394 g/mol. The van der Waals surface area contributed by atoms with Crippen LogP contribution >= 0.6 is 11.8 Å². The van der Waals surface area contributed by atoms with Gasteiger partial charge in [0.15, 0.2) is 5.78 Å². The molecule has 1 aromatic rings. The van der Waals surface area contributed by atoms with Crippen molar-refractivity contribution < 1.29 is 14.3 Å². The summed E-state index contributed by atoms with van der Waals surface area (Å²) in [6.45, 7) is 10.0. The van der Waals surface area contributed by atoms with E-state index in [9.17, 15) is 9.59 Å². The van der Waals surface area contributed by atoms with Crippen LogP contribution in [-0.2, 0) is 16.1 Å². The first-order valence-electron chi connectivity index (χ1n) is 8.80. The van der Waals surface area contributed by atoms with E-state index in [-0.39, 0.29) is 5.78 Å². The van der Waals surface area contributed by atoms with Crippen LogP contribution in [-0.4, -0.2) is 42.3 Å². The summed E-state index contributed by atoms with van der Waals surface area (Å²) in [6, 6.07) is 7.81. The van der Waals surface area contributed by atoms with E-state index in [4.69, 9.17) is 4.74 Å². The van der Waals surface area contributed by atoms with Crippen molar-refractivity contribution in [1.82, 2.24) is 10.2 Å². The van der Waals surface area contributed by atoms with Crippen molar-refractivity contribution in [3.63, 3.8) is 0 Å². The standard InChI is InChI=1S/C20H31N3O3S/c1-14(18(27-7)15(2)24)23(6)13-22-17-10-8-16(9-11-17)12-21-19(25)26-20(3,4)5/h8-11,22H,12-13H2,1-7H3,(H,21,25)/b18-14-. The molecular formula is C20H31N3O3S. The number of allylic oxidation sites excluding steroid dienone is 2. The van der Waals surface area contributed by atoms with Crippen molar-refractivity contribution in [2.45, 2.75) is 46.8 Å². The molecule has 1 amide bonds. The minimum Gasteiger partial charge on any atom is -0.444 e. The SMILES string of the molecule is CS/C(C(C)=O)=C(/C)N(C)CNc1ccc(CNC(=O)OC(C)(C)C)cc1. The van der Waals surface area contributed by atoms with Crippen molar-refractivity contribution in [2.75, 3.05) is 25.3 Å². The van der Waals surface area contributed by atoms with E-state index in [1.807, 2.05) is 70.2 Å². The maximum absolute atomic E-state index is 11.7. The van der Waals surface area contributed by atoms with E-state index in [2.05, 4.69) is 10.6 Å². The van der Waals surface area contributed by atoms with Gasteiger partial charge in [-0.15, -0.1) is 11.8 Å². The normalized spacial score (nSPS) is 12.1. The van der Waals surface area contributed by atoms with Crippen molar-refractivity contribution in [3.05, 3.63) is 40.4 Å². The first-order valence-corrected chi connectivity index (χ1v) is 10.0. The van der Waals surface area contributed by atoms with Gasteiger partial charge in [0.2, 0.25) is 0 Å². The summed E-state index contributed by atoms with van der Waals surface area (Å²) in [4.78, 5) is 26.1. The molecule has 0 unspecified atom stereocenters. The molecule has 6 nitrogen and oxygen atoms in total. The number of thioether (sulfide) groups is 1. The Morgan fingerprint density at radius 1 is 1.15 bits per heavy atom. The number of alkyl carbamates (subject to hydrolysis) is 1.